The maximum atomic E-state index is 4.23. The van der Waals surface area contributed by atoms with Gasteiger partial charge in [0.25, 0.3) is 0 Å². The van der Waals surface area contributed by atoms with Crippen molar-refractivity contribution in [3.05, 3.63) is 23.8 Å². The van der Waals surface area contributed by atoms with Gasteiger partial charge in [-0.05, 0) is 12.0 Å². The Hall–Kier alpha value is -0.960. The van der Waals surface area contributed by atoms with Gasteiger partial charge in [0.05, 0.1) is 5.69 Å². The second-order valence-electron chi connectivity index (χ2n) is 4.12. The molecular weight excluding hydrogens is 174 g/mol. The van der Waals surface area contributed by atoms with Crippen molar-refractivity contribution >= 4 is 0 Å². The van der Waals surface area contributed by atoms with Crippen molar-refractivity contribution in [1.82, 2.24) is 15.3 Å². The molecule has 3 nitrogen and oxygen atoms in total. The maximum Gasteiger partial charge on any atom is 0.115 e. The van der Waals surface area contributed by atoms with E-state index in [1.165, 1.54) is 0 Å². The SMILES string of the molecule is CC(C)NCc1cc(C(C)C)ncn1. The van der Waals surface area contributed by atoms with Crippen LogP contribution in [-0.2, 0) is 6.54 Å². The van der Waals surface area contributed by atoms with Gasteiger partial charge in [0.15, 0.2) is 0 Å². The third kappa shape index (κ3) is 3.42. The molecule has 0 fully saturated rings. The average Bonchev–Trinajstić information content (AvgIpc) is 2.15. The Morgan fingerprint density at radius 3 is 2.50 bits per heavy atom. The fourth-order valence-corrected chi connectivity index (χ4v) is 1.14. The Balaban J connectivity index is 2.64. The van der Waals surface area contributed by atoms with Crippen LogP contribution < -0.4 is 5.32 Å². The van der Waals surface area contributed by atoms with Gasteiger partial charge in [-0.3, -0.25) is 0 Å². The molecule has 0 bridgehead atoms. The lowest BCUT2D eigenvalue weighted by molar-refractivity contribution is 0.579. The first-order valence-electron chi connectivity index (χ1n) is 5.13. The standard InChI is InChI=1S/C11H19N3/c1-8(2)11-5-10(13-7-14-11)6-12-9(3)4/h5,7-9,12H,6H2,1-4H3. The molecule has 0 saturated heterocycles. The summed E-state index contributed by atoms with van der Waals surface area (Å²) in [5.41, 5.74) is 2.18. The monoisotopic (exact) mass is 193 g/mol. The first kappa shape index (κ1) is 11.1. The Morgan fingerprint density at radius 1 is 1.21 bits per heavy atom. The molecule has 0 aliphatic rings. The minimum atomic E-state index is 0.468. The van der Waals surface area contributed by atoms with Crippen LogP contribution in [0.25, 0.3) is 0 Å². The average molecular weight is 193 g/mol. The molecule has 1 aromatic heterocycles. The number of hydrogen-bond donors (Lipinski definition) is 1. The lowest BCUT2D eigenvalue weighted by Gasteiger charge is -2.09. The number of nitrogens with zero attached hydrogens (tertiary/aromatic N) is 2. The molecular formula is C11H19N3. The molecule has 78 valence electrons. The van der Waals surface area contributed by atoms with Crippen LogP contribution >= 0.6 is 0 Å². The summed E-state index contributed by atoms with van der Waals surface area (Å²) in [6.45, 7) is 9.36. The Bertz CT molecular complexity index is 282. The highest BCUT2D eigenvalue weighted by molar-refractivity contribution is 5.11. The van der Waals surface area contributed by atoms with Gasteiger partial charge >= 0.3 is 0 Å². The second kappa shape index (κ2) is 5.05. The van der Waals surface area contributed by atoms with E-state index in [4.69, 9.17) is 0 Å². The largest absolute Gasteiger partial charge is 0.309 e. The van der Waals surface area contributed by atoms with Crippen LogP contribution in [0.15, 0.2) is 12.4 Å². The molecule has 0 amide bonds. The molecule has 0 saturated carbocycles. The smallest absolute Gasteiger partial charge is 0.115 e. The van der Waals surface area contributed by atoms with E-state index < -0.39 is 0 Å². The van der Waals surface area contributed by atoms with E-state index in [2.05, 4.69) is 49.0 Å². The minimum Gasteiger partial charge on any atom is -0.309 e. The molecule has 14 heavy (non-hydrogen) atoms. The summed E-state index contributed by atoms with van der Waals surface area (Å²) in [4.78, 5) is 8.45. The predicted molar refractivity (Wildman–Crippen MR) is 58.1 cm³/mol. The normalized spacial score (nSPS) is 11.3. The lowest BCUT2D eigenvalue weighted by atomic mass is 10.1. The molecule has 1 heterocycles. The van der Waals surface area contributed by atoms with E-state index in [0.717, 1.165) is 17.9 Å². The third-order valence-corrected chi connectivity index (χ3v) is 2.03. The van der Waals surface area contributed by atoms with Crippen molar-refractivity contribution in [3.63, 3.8) is 0 Å². The first-order valence-corrected chi connectivity index (χ1v) is 5.13. The quantitative estimate of drug-likeness (QED) is 0.795. The molecule has 3 heteroatoms. The summed E-state index contributed by atoms with van der Waals surface area (Å²) in [5, 5.41) is 3.34. The minimum absolute atomic E-state index is 0.468. The zero-order valence-corrected chi connectivity index (χ0v) is 9.41. The number of aromatic nitrogens is 2. The fourth-order valence-electron chi connectivity index (χ4n) is 1.14. The number of rotatable bonds is 4. The Labute approximate surface area is 86.0 Å². The zero-order chi connectivity index (χ0) is 10.6. The first-order chi connectivity index (χ1) is 6.59. The summed E-state index contributed by atoms with van der Waals surface area (Å²) < 4.78 is 0. The summed E-state index contributed by atoms with van der Waals surface area (Å²) in [6.07, 6.45) is 1.65. The van der Waals surface area contributed by atoms with Gasteiger partial charge < -0.3 is 5.32 Å². The molecule has 0 aromatic carbocycles. The van der Waals surface area contributed by atoms with Gasteiger partial charge in [0, 0.05) is 18.3 Å². The second-order valence-corrected chi connectivity index (χ2v) is 4.12. The highest BCUT2D eigenvalue weighted by Gasteiger charge is 2.03. The summed E-state index contributed by atoms with van der Waals surface area (Å²) in [7, 11) is 0. The Kier molecular flexibility index (Phi) is 4.01. The molecule has 0 aliphatic carbocycles. The topological polar surface area (TPSA) is 37.8 Å². The van der Waals surface area contributed by atoms with Gasteiger partial charge in [-0.2, -0.15) is 0 Å². The fraction of sp³-hybridized carbons (Fsp3) is 0.636. The van der Waals surface area contributed by atoms with Gasteiger partial charge in [0.2, 0.25) is 0 Å². The molecule has 0 atom stereocenters. The van der Waals surface area contributed by atoms with Crippen LogP contribution in [0.5, 0.6) is 0 Å². The van der Waals surface area contributed by atoms with Crippen LogP contribution in [0.2, 0.25) is 0 Å². The van der Waals surface area contributed by atoms with Gasteiger partial charge in [-0.15, -0.1) is 0 Å². The van der Waals surface area contributed by atoms with Crippen molar-refractivity contribution in [2.45, 2.75) is 46.2 Å². The molecule has 0 aliphatic heterocycles. The van der Waals surface area contributed by atoms with Crippen LogP contribution in [-0.4, -0.2) is 16.0 Å². The van der Waals surface area contributed by atoms with Crippen LogP contribution in [0.4, 0.5) is 0 Å². The highest BCUT2D eigenvalue weighted by atomic mass is 14.9. The Morgan fingerprint density at radius 2 is 1.93 bits per heavy atom. The molecule has 1 rings (SSSR count). The van der Waals surface area contributed by atoms with Crippen molar-refractivity contribution in [1.29, 1.82) is 0 Å². The van der Waals surface area contributed by atoms with Crippen LogP contribution in [0.1, 0.15) is 45.0 Å². The van der Waals surface area contributed by atoms with E-state index >= 15 is 0 Å². The van der Waals surface area contributed by atoms with Crippen LogP contribution in [0.3, 0.4) is 0 Å². The lowest BCUT2D eigenvalue weighted by Crippen LogP contribution is -2.22. The van der Waals surface area contributed by atoms with E-state index in [1.54, 1.807) is 6.33 Å². The molecule has 0 unspecified atom stereocenters. The number of nitrogens with one attached hydrogen (secondary N) is 1. The van der Waals surface area contributed by atoms with Crippen molar-refractivity contribution in [2.24, 2.45) is 0 Å². The van der Waals surface area contributed by atoms with Gasteiger partial charge in [0.1, 0.15) is 6.33 Å². The zero-order valence-electron chi connectivity index (χ0n) is 9.41. The van der Waals surface area contributed by atoms with E-state index in [-0.39, 0.29) is 0 Å². The third-order valence-electron chi connectivity index (χ3n) is 2.03. The summed E-state index contributed by atoms with van der Waals surface area (Å²) in [5.74, 6) is 0.468. The molecule has 1 aromatic rings. The van der Waals surface area contributed by atoms with Crippen molar-refractivity contribution in [2.75, 3.05) is 0 Å². The highest BCUT2D eigenvalue weighted by Crippen LogP contribution is 2.10. The molecule has 1 N–H and O–H groups in total. The molecule has 0 spiro atoms. The van der Waals surface area contributed by atoms with Crippen molar-refractivity contribution in [3.8, 4) is 0 Å². The van der Waals surface area contributed by atoms with E-state index in [9.17, 15) is 0 Å². The maximum absolute atomic E-state index is 4.23. The summed E-state index contributed by atoms with van der Waals surface area (Å²) in [6, 6.07) is 2.56. The predicted octanol–water partition coefficient (Wildman–Crippen LogP) is 2.10. The van der Waals surface area contributed by atoms with E-state index in [0.29, 0.717) is 12.0 Å². The van der Waals surface area contributed by atoms with E-state index in [1.807, 2.05) is 0 Å². The molecule has 0 radical (unpaired) electrons. The van der Waals surface area contributed by atoms with Gasteiger partial charge in [-0.25, -0.2) is 9.97 Å². The summed E-state index contributed by atoms with van der Waals surface area (Å²) >= 11 is 0. The van der Waals surface area contributed by atoms with Crippen LogP contribution in [0, 0.1) is 0 Å². The van der Waals surface area contributed by atoms with Gasteiger partial charge in [-0.1, -0.05) is 27.7 Å². The van der Waals surface area contributed by atoms with Crippen molar-refractivity contribution < 1.29 is 0 Å². The number of hydrogen-bond acceptors (Lipinski definition) is 3.